The number of β-lactam (4-membered cyclic amide) rings is 1. The lowest BCUT2D eigenvalue weighted by Gasteiger charge is -2.51. The normalized spacial score (nSPS) is 35.9. The van der Waals surface area contributed by atoms with Crippen molar-refractivity contribution in [2.45, 2.75) is 11.4 Å². The van der Waals surface area contributed by atoms with Crippen molar-refractivity contribution in [2.75, 3.05) is 19.4 Å². The molecule has 2 aliphatic heterocycles. The summed E-state index contributed by atoms with van der Waals surface area (Å²) >= 11 is 1.20. The highest BCUT2D eigenvalue weighted by Gasteiger charge is 2.59. The van der Waals surface area contributed by atoms with Gasteiger partial charge in [-0.25, -0.2) is 0 Å². The van der Waals surface area contributed by atoms with Gasteiger partial charge in [-0.1, -0.05) is 0 Å². The average Bonchev–Trinajstić information content (AvgIpc) is 2.35. The predicted octanol–water partition coefficient (Wildman–Crippen LogP) is -1.53. The maximum absolute atomic E-state index is 11.6. The molecule has 17 heavy (non-hydrogen) atoms. The zero-order chi connectivity index (χ0) is 12.8. The molecule has 3 atom stereocenters. The van der Waals surface area contributed by atoms with E-state index in [-0.39, 0.29) is 23.6 Å². The van der Waals surface area contributed by atoms with Crippen LogP contribution < -0.4 is 5.73 Å². The Morgan fingerprint density at radius 1 is 1.65 bits per heavy atom. The fraction of sp³-hybridized carbons (Fsp3) is 0.667. The second-order valence-corrected chi connectivity index (χ2v) is 5.18. The quantitative estimate of drug-likeness (QED) is 0.352. The van der Waals surface area contributed by atoms with Gasteiger partial charge in [-0.3, -0.25) is 14.4 Å². The SMILES string of the molecule is COC(=O)C1(C(=O)O)CS[C@@H]2C(N)C(=O)N2C1. The molecule has 0 radical (unpaired) electrons. The Morgan fingerprint density at radius 3 is 2.82 bits per heavy atom. The topological polar surface area (TPSA) is 110 Å². The number of hydrogen-bond donors (Lipinski definition) is 2. The van der Waals surface area contributed by atoms with Crippen LogP contribution in [0.4, 0.5) is 0 Å². The molecule has 0 aromatic heterocycles. The Bertz CT molecular complexity index is 401. The van der Waals surface area contributed by atoms with E-state index < -0.39 is 23.4 Å². The van der Waals surface area contributed by atoms with Gasteiger partial charge in [0.15, 0.2) is 5.41 Å². The van der Waals surface area contributed by atoms with Crippen LogP contribution in [0.1, 0.15) is 0 Å². The minimum Gasteiger partial charge on any atom is -0.480 e. The van der Waals surface area contributed by atoms with Gasteiger partial charge in [0.1, 0.15) is 11.4 Å². The fourth-order valence-electron chi connectivity index (χ4n) is 2.01. The maximum atomic E-state index is 11.6. The number of hydrogen-bond acceptors (Lipinski definition) is 6. The molecule has 94 valence electrons. The second-order valence-electron chi connectivity index (χ2n) is 4.07. The number of carboxylic acid groups (broad SMARTS) is 1. The van der Waals surface area contributed by atoms with Crippen molar-refractivity contribution in [3.8, 4) is 0 Å². The maximum Gasteiger partial charge on any atom is 0.325 e. The monoisotopic (exact) mass is 260 g/mol. The number of carboxylic acids is 1. The summed E-state index contributed by atoms with van der Waals surface area (Å²) in [5.41, 5.74) is 3.90. The van der Waals surface area contributed by atoms with E-state index in [0.717, 1.165) is 7.11 Å². The number of nitrogens with two attached hydrogens (primary N) is 1. The summed E-state index contributed by atoms with van der Waals surface area (Å²) in [6.45, 7) is -0.167. The molecule has 0 saturated carbocycles. The van der Waals surface area contributed by atoms with Crippen molar-refractivity contribution >= 4 is 29.6 Å². The molecule has 0 aliphatic carbocycles. The zero-order valence-corrected chi connectivity index (χ0v) is 9.90. The Kier molecular flexibility index (Phi) is 2.78. The average molecular weight is 260 g/mol. The number of nitrogens with zero attached hydrogens (tertiary/aromatic N) is 1. The fourth-order valence-corrected chi connectivity index (χ4v) is 3.48. The minimum atomic E-state index is -1.67. The number of rotatable bonds is 2. The molecular weight excluding hydrogens is 248 g/mol. The first kappa shape index (κ1) is 12.2. The second kappa shape index (κ2) is 3.88. The van der Waals surface area contributed by atoms with Gasteiger partial charge < -0.3 is 20.5 Å². The van der Waals surface area contributed by atoms with Crippen LogP contribution in [0.25, 0.3) is 0 Å². The number of carbonyl (C=O) groups excluding carboxylic acids is 2. The number of carbonyl (C=O) groups is 3. The molecule has 0 aromatic rings. The van der Waals surface area contributed by atoms with Gasteiger partial charge in [-0.15, -0.1) is 11.8 Å². The Hall–Kier alpha value is -1.28. The summed E-state index contributed by atoms with van der Waals surface area (Å²) in [5, 5.41) is 8.96. The van der Waals surface area contributed by atoms with Crippen LogP contribution in [0, 0.1) is 5.41 Å². The first-order valence-electron chi connectivity index (χ1n) is 4.93. The molecule has 0 aromatic carbocycles. The van der Waals surface area contributed by atoms with Gasteiger partial charge in [-0.2, -0.15) is 0 Å². The van der Waals surface area contributed by atoms with Crippen molar-refractivity contribution in [1.82, 2.24) is 4.90 Å². The lowest BCUT2D eigenvalue weighted by Crippen LogP contribution is -2.73. The molecule has 3 N–H and O–H groups in total. The van der Waals surface area contributed by atoms with Crippen LogP contribution in [0.2, 0.25) is 0 Å². The first-order valence-corrected chi connectivity index (χ1v) is 5.98. The van der Waals surface area contributed by atoms with Crippen LogP contribution >= 0.6 is 11.8 Å². The minimum absolute atomic E-state index is 0.0666. The third-order valence-corrected chi connectivity index (χ3v) is 4.66. The molecule has 2 aliphatic rings. The van der Waals surface area contributed by atoms with Gasteiger partial charge in [0.25, 0.3) is 0 Å². The van der Waals surface area contributed by atoms with Crippen molar-refractivity contribution in [3.63, 3.8) is 0 Å². The van der Waals surface area contributed by atoms with Crippen LogP contribution in [0.15, 0.2) is 0 Å². The van der Waals surface area contributed by atoms with Gasteiger partial charge >= 0.3 is 11.9 Å². The molecule has 2 unspecified atom stereocenters. The van der Waals surface area contributed by atoms with Crippen molar-refractivity contribution in [2.24, 2.45) is 11.1 Å². The molecule has 2 saturated heterocycles. The highest BCUT2D eigenvalue weighted by Crippen LogP contribution is 2.42. The van der Waals surface area contributed by atoms with E-state index in [9.17, 15) is 19.5 Å². The third-order valence-electron chi connectivity index (χ3n) is 3.11. The molecule has 7 nitrogen and oxygen atoms in total. The number of fused-ring (bicyclic) bond motifs is 1. The first-order chi connectivity index (χ1) is 7.94. The van der Waals surface area contributed by atoms with Gasteiger partial charge in [0.05, 0.1) is 7.11 Å². The van der Waals surface area contributed by atoms with E-state index in [1.165, 1.54) is 16.7 Å². The molecule has 2 heterocycles. The van der Waals surface area contributed by atoms with E-state index in [1.54, 1.807) is 0 Å². The van der Waals surface area contributed by atoms with Gasteiger partial charge in [-0.05, 0) is 0 Å². The summed E-state index contributed by atoms with van der Waals surface area (Å²) < 4.78 is 4.52. The van der Waals surface area contributed by atoms with E-state index >= 15 is 0 Å². The number of esters is 1. The van der Waals surface area contributed by atoms with E-state index in [4.69, 9.17) is 5.73 Å². The molecule has 0 spiro atoms. The number of ether oxygens (including phenoxy) is 1. The molecule has 2 rings (SSSR count). The summed E-state index contributed by atoms with van der Waals surface area (Å²) in [7, 11) is 1.13. The summed E-state index contributed by atoms with van der Waals surface area (Å²) in [4.78, 5) is 35.6. The highest BCUT2D eigenvalue weighted by atomic mass is 32.2. The highest BCUT2D eigenvalue weighted by molar-refractivity contribution is 8.00. The van der Waals surface area contributed by atoms with Crippen LogP contribution in [-0.4, -0.2) is 58.7 Å². The smallest absolute Gasteiger partial charge is 0.325 e. The van der Waals surface area contributed by atoms with Crippen molar-refractivity contribution < 1.29 is 24.2 Å². The standard InChI is InChI=1S/C9H12N2O5S/c1-16-8(15)9(7(13)14)2-11-5(12)4(10)6(11)17-3-9/h4,6H,2-3,10H2,1H3,(H,13,14)/t4?,6-,9?/m1/s1. The van der Waals surface area contributed by atoms with Crippen LogP contribution in [-0.2, 0) is 19.1 Å². The summed E-state index contributed by atoms with van der Waals surface area (Å²) in [5.74, 6) is -2.36. The Morgan fingerprint density at radius 2 is 2.29 bits per heavy atom. The molecular formula is C9H12N2O5S. The predicted molar refractivity (Wildman–Crippen MR) is 58.0 cm³/mol. The lowest BCUT2D eigenvalue weighted by molar-refractivity contribution is -0.170. The summed E-state index contributed by atoms with van der Waals surface area (Å²) in [6.07, 6.45) is 0. The molecule has 2 fully saturated rings. The third kappa shape index (κ3) is 1.51. The number of aliphatic carboxylic acids is 1. The van der Waals surface area contributed by atoms with E-state index in [1.807, 2.05) is 0 Å². The number of amides is 1. The Balaban J connectivity index is 2.24. The lowest BCUT2D eigenvalue weighted by atomic mass is 9.87. The molecule has 0 bridgehead atoms. The van der Waals surface area contributed by atoms with Crippen molar-refractivity contribution in [1.29, 1.82) is 0 Å². The number of thioether (sulfide) groups is 1. The summed E-state index contributed by atoms with van der Waals surface area (Å²) in [6, 6.07) is -0.593. The van der Waals surface area contributed by atoms with Gasteiger partial charge in [0, 0.05) is 12.3 Å². The number of methoxy groups -OCH3 is 1. The van der Waals surface area contributed by atoms with E-state index in [2.05, 4.69) is 4.74 Å². The van der Waals surface area contributed by atoms with Crippen LogP contribution in [0.5, 0.6) is 0 Å². The zero-order valence-electron chi connectivity index (χ0n) is 9.08. The Labute approximate surface area is 101 Å². The van der Waals surface area contributed by atoms with Crippen LogP contribution in [0.3, 0.4) is 0 Å². The van der Waals surface area contributed by atoms with Crippen molar-refractivity contribution in [3.05, 3.63) is 0 Å². The molecule has 8 heteroatoms. The van der Waals surface area contributed by atoms with E-state index in [0.29, 0.717) is 0 Å². The molecule has 1 amide bonds. The van der Waals surface area contributed by atoms with Gasteiger partial charge in [0.2, 0.25) is 5.91 Å². The largest absolute Gasteiger partial charge is 0.480 e.